The van der Waals surface area contributed by atoms with Crippen molar-refractivity contribution in [1.29, 1.82) is 0 Å². The molecule has 0 spiro atoms. The van der Waals surface area contributed by atoms with Gasteiger partial charge in [0.1, 0.15) is 34.8 Å². The van der Waals surface area contributed by atoms with Crippen LogP contribution in [0.4, 0.5) is 4.39 Å². The molecule has 0 radical (unpaired) electrons. The Morgan fingerprint density at radius 3 is 2.22 bits per heavy atom. The summed E-state index contributed by atoms with van der Waals surface area (Å²) < 4.78 is 18.7. The lowest BCUT2D eigenvalue weighted by Gasteiger charge is -2.15. The standard InChI is InChI=1S/C19H17FO3/c1-2-12-3-6-15(23-14-7-4-13(20)5-8-14)11-16(12)19-17(21)9-10-18(19)22/h3-8,11,19H,2,9-10H2,1H3. The van der Waals surface area contributed by atoms with E-state index >= 15 is 0 Å². The largest absolute Gasteiger partial charge is 0.457 e. The van der Waals surface area contributed by atoms with Crippen LogP contribution in [0.25, 0.3) is 0 Å². The van der Waals surface area contributed by atoms with E-state index < -0.39 is 5.92 Å². The van der Waals surface area contributed by atoms with Gasteiger partial charge in [0.2, 0.25) is 0 Å². The van der Waals surface area contributed by atoms with Crippen LogP contribution in [-0.4, -0.2) is 11.6 Å². The molecule has 0 saturated heterocycles. The third-order valence-electron chi connectivity index (χ3n) is 4.12. The van der Waals surface area contributed by atoms with Crippen LogP contribution in [0.3, 0.4) is 0 Å². The van der Waals surface area contributed by atoms with Crippen LogP contribution in [-0.2, 0) is 16.0 Å². The second-order valence-corrected chi connectivity index (χ2v) is 5.64. The number of hydrogen-bond acceptors (Lipinski definition) is 3. The fourth-order valence-corrected chi connectivity index (χ4v) is 2.93. The van der Waals surface area contributed by atoms with E-state index in [9.17, 15) is 14.0 Å². The molecule has 23 heavy (non-hydrogen) atoms. The van der Waals surface area contributed by atoms with Crippen molar-refractivity contribution >= 4 is 11.6 Å². The maximum absolute atomic E-state index is 12.9. The number of ether oxygens (including phenoxy) is 1. The zero-order valence-corrected chi connectivity index (χ0v) is 12.8. The van der Waals surface area contributed by atoms with Crippen molar-refractivity contribution in [1.82, 2.24) is 0 Å². The molecule has 0 aromatic heterocycles. The lowest BCUT2D eigenvalue weighted by molar-refractivity contribution is -0.123. The highest BCUT2D eigenvalue weighted by atomic mass is 19.1. The van der Waals surface area contributed by atoms with Gasteiger partial charge in [0.05, 0.1) is 0 Å². The van der Waals surface area contributed by atoms with Gasteiger partial charge in [-0.05, 0) is 53.9 Å². The maximum atomic E-state index is 12.9. The van der Waals surface area contributed by atoms with E-state index in [2.05, 4.69) is 0 Å². The molecule has 3 nitrogen and oxygen atoms in total. The Bertz CT molecular complexity index is 734. The Morgan fingerprint density at radius 1 is 1.00 bits per heavy atom. The van der Waals surface area contributed by atoms with Crippen molar-refractivity contribution in [2.24, 2.45) is 0 Å². The van der Waals surface area contributed by atoms with E-state index in [4.69, 9.17) is 4.74 Å². The third-order valence-corrected chi connectivity index (χ3v) is 4.12. The van der Waals surface area contributed by atoms with Crippen LogP contribution < -0.4 is 4.74 Å². The molecule has 4 heteroatoms. The van der Waals surface area contributed by atoms with Gasteiger partial charge in [-0.25, -0.2) is 4.39 Å². The molecule has 0 atom stereocenters. The number of halogens is 1. The molecule has 0 amide bonds. The quantitative estimate of drug-likeness (QED) is 0.795. The highest BCUT2D eigenvalue weighted by molar-refractivity contribution is 6.13. The monoisotopic (exact) mass is 312 g/mol. The topological polar surface area (TPSA) is 43.4 Å². The van der Waals surface area contributed by atoms with Gasteiger partial charge in [-0.2, -0.15) is 0 Å². The lowest BCUT2D eigenvalue weighted by Crippen LogP contribution is -2.14. The Kier molecular flexibility index (Phi) is 4.24. The van der Waals surface area contributed by atoms with Crippen LogP contribution in [0.1, 0.15) is 36.8 Å². The highest BCUT2D eigenvalue weighted by Crippen LogP contribution is 2.34. The SMILES string of the molecule is CCc1ccc(Oc2ccc(F)cc2)cc1C1C(=O)CCC1=O. The van der Waals surface area contributed by atoms with Gasteiger partial charge in [-0.1, -0.05) is 13.0 Å². The van der Waals surface area contributed by atoms with Gasteiger partial charge in [0.25, 0.3) is 0 Å². The molecule has 0 aliphatic heterocycles. The molecular formula is C19H17FO3. The first-order valence-electron chi connectivity index (χ1n) is 7.70. The fraction of sp³-hybridized carbons (Fsp3) is 0.263. The van der Waals surface area contributed by atoms with E-state index in [0.717, 1.165) is 17.5 Å². The van der Waals surface area contributed by atoms with Crippen molar-refractivity contribution < 1.29 is 18.7 Å². The number of benzene rings is 2. The smallest absolute Gasteiger partial charge is 0.148 e. The summed E-state index contributed by atoms with van der Waals surface area (Å²) in [5, 5.41) is 0. The van der Waals surface area contributed by atoms with E-state index in [0.29, 0.717) is 24.3 Å². The minimum absolute atomic E-state index is 0.0244. The Balaban J connectivity index is 1.94. The van der Waals surface area contributed by atoms with Crippen molar-refractivity contribution in [2.45, 2.75) is 32.1 Å². The predicted molar refractivity (Wildman–Crippen MR) is 84.3 cm³/mol. The molecule has 3 rings (SSSR count). The molecule has 2 aromatic rings. The van der Waals surface area contributed by atoms with Crippen LogP contribution in [0, 0.1) is 5.82 Å². The molecular weight excluding hydrogens is 295 g/mol. The van der Waals surface area contributed by atoms with E-state index in [1.54, 1.807) is 12.1 Å². The van der Waals surface area contributed by atoms with E-state index in [1.165, 1.54) is 24.3 Å². The number of carbonyl (C=O) groups excluding carboxylic acids is 2. The number of ketones is 2. The van der Waals surface area contributed by atoms with Crippen molar-refractivity contribution in [2.75, 3.05) is 0 Å². The summed E-state index contributed by atoms with van der Waals surface area (Å²) in [5.41, 5.74) is 1.71. The third kappa shape index (κ3) is 3.16. The molecule has 0 unspecified atom stereocenters. The first kappa shape index (κ1) is 15.4. The van der Waals surface area contributed by atoms with Crippen LogP contribution in [0.15, 0.2) is 42.5 Å². The molecule has 0 N–H and O–H groups in total. The minimum Gasteiger partial charge on any atom is -0.457 e. The summed E-state index contributed by atoms with van der Waals surface area (Å²) >= 11 is 0. The van der Waals surface area contributed by atoms with E-state index in [1.807, 2.05) is 13.0 Å². The normalized spacial score (nSPS) is 15.2. The van der Waals surface area contributed by atoms with Gasteiger partial charge in [0, 0.05) is 12.8 Å². The van der Waals surface area contributed by atoms with Gasteiger partial charge < -0.3 is 4.74 Å². The summed E-state index contributed by atoms with van der Waals surface area (Å²) in [6, 6.07) is 11.2. The summed E-state index contributed by atoms with van der Waals surface area (Å²) in [6.45, 7) is 1.99. The number of carbonyl (C=O) groups is 2. The second-order valence-electron chi connectivity index (χ2n) is 5.64. The predicted octanol–water partition coefficient (Wildman–Crippen LogP) is 4.20. The van der Waals surface area contributed by atoms with Crippen molar-refractivity contribution in [3.05, 3.63) is 59.4 Å². The first-order chi connectivity index (χ1) is 11.1. The number of rotatable bonds is 4. The van der Waals surface area contributed by atoms with Gasteiger partial charge >= 0.3 is 0 Å². The fourth-order valence-electron chi connectivity index (χ4n) is 2.93. The zero-order chi connectivity index (χ0) is 16.4. The summed E-state index contributed by atoms with van der Waals surface area (Å²) in [6.07, 6.45) is 1.37. The summed E-state index contributed by atoms with van der Waals surface area (Å²) in [5.74, 6) is -0.00233. The molecule has 1 aliphatic rings. The van der Waals surface area contributed by atoms with Crippen LogP contribution in [0.5, 0.6) is 11.5 Å². The van der Waals surface area contributed by atoms with Crippen LogP contribution in [0.2, 0.25) is 0 Å². The van der Waals surface area contributed by atoms with Gasteiger partial charge in [-0.3, -0.25) is 9.59 Å². The average molecular weight is 312 g/mol. The molecule has 1 saturated carbocycles. The highest BCUT2D eigenvalue weighted by Gasteiger charge is 2.35. The lowest BCUT2D eigenvalue weighted by atomic mass is 9.90. The maximum Gasteiger partial charge on any atom is 0.148 e. The van der Waals surface area contributed by atoms with Crippen LogP contribution >= 0.6 is 0 Å². The molecule has 0 heterocycles. The number of aryl methyl sites for hydroxylation is 1. The Labute approximate surface area is 134 Å². The molecule has 118 valence electrons. The molecule has 1 fully saturated rings. The summed E-state index contributed by atoms with van der Waals surface area (Å²) in [7, 11) is 0. The van der Waals surface area contributed by atoms with Gasteiger partial charge in [-0.15, -0.1) is 0 Å². The van der Waals surface area contributed by atoms with E-state index in [-0.39, 0.29) is 17.4 Å². The summed E-state index contributed by atoms with van der Waals surface area (Å²) in [4.78, 5) is 24.1. The zero-order valence-electron chi connectivity index (χ0n) is 12.8. The van der Waals surface area contributed by atoms with Crippen molar-refractivity contribution in [3.63, 3.8) is 0 Å². The Morgan fingerprint density at radius 2 is 1.61 bits per heavy atom. The number of hydrogen-bond donors (Lipinski definition) is 0. The molecule has 0 bridgehead atoms. The first-order valence-corrected chi connectivity index (χ1v) is 7.70. The minimum atomic E-state index is -0.665. The number of Topliss-reactive ketones (excluding diaryl/α,β-unsaturated/α-hetero) is 2. The average Bonchev–Trinajstić information content (AvgIpc) is 2.88. The molecule has 1 aliphatic carbocycles. The second kappa shape index (κ2) is 6.32. The van der Waals surface area contributed by atoms with Crippen molar-refractivity contribution in [3.8, 4) is 11.5 Å². The Hall–Kier alpha value is -2.49. The van der Waals surface area contributed by atoms with Gasteiger partial charge in [0.15, 0.2) is 0 Å². The molecule has 2 aromatic carbocycles.